The Balaban J connectivity index is 1.83. The van der Waals surface area contributed by atoms with Crippen molar-refractivity contribution in [2.75, 3.05) is 6.54 Å². The third-order valence-electron chi connectivity index (χ3n) is 4.95. The Hall–Kier alpha value is -2.17. The van der Waals surface area contributed by atoms with Gasteiger partial charge in [0.2, 0.25) is 0 Å². The topological polar surface area (TPSA) is 37.2 Å². The van der Waals surface area contributed by atoms with E-state index in [1.807, 2.05) is 36.5 Å². The Labute approximate surface area is 140 Å². The molecule has 2 heterocycles. The molecule has 124 valence electrons. The number of halogens is 1. The van der Waals surface area contributed by atoms with Crippen LogP contribution in [-0.2, 0) is 0 Å². The van der Waals surface area contributed by atoms with Gasteiger partial charge < -0.3 is 15.0 Å². The molecule has 3 nitrogen and oxygen atoms in total. The average Bonchev–Trinajstić information content (AvgIpc) is 3.25. The third kappa shape index (κ3) is 2.72. The molecular weight excluding hydrogens is 303 g/mol. The fourth-order valence-corrected chi connectivity index (χ4v) is 3.78. The summed E-state index contributed by atoms with van der Waals surface area (Å²) in [5.41, 5.74) is 1.83. The zero-order valence-electron chi connectivity index (χ0n) is 13.4. The van der Waals surface area contributed by atoms with Gasteiger partial charge in [0.1, 0.15) is 5.82 Å². The van der Waals surface area contributed by atoms with Gasteiger partial charge in [-0.25, -0.2) is 4.39 Å². The molecule has 1 fully saturated rings. The summed E-state index contributed by atoms with van der Waals surface area (Å²) >= 11 is 0. The first kappa shape index (κ1) is 15.4. The average molecular weight is 324 g/mol. The summed E-state index contributed by atoms with van der Waals surface area (Å²) in [4.78, 5) is 0. The summed E-state index contributed by atoms with van der Waals surface area (Å²) in [6, 6.07) is 16.4. The lowest BCUT2D eigenvalue weighted by molar-refractivity contribution is 0.0970. The highest BCUT2D eigenvalue weighted by molar-refractivity contribution is 5.80. The molecule has 0 aliphatic carbocycles. The quantitative estimate of drug-likeness (QED) is 0.771. The predicted molar refractivity (Wildman–Crippen MR) is 93.5 cm³/mol. The molecule has 1 saturated heterocycles. The zero-order valence-corrected chi connectivity index (χ0v) is 13.4. The van der Waals surface area contributed by atoms with E-state index in [-0.39, 0.29) is 17.9 Å². The van der Waals surface area contributed by atoms with Crippen LogP contribution in [0.1, 0.15) is 24.4 Å². The van der Waals surface area contributed by atoms with Crippen LogP contribution in [0.15, 0.2) is 60.8 Å². The Morgan fingerprint density at radius 3 is 2.79 bits per heavy atom. The molecule has 2 N–H and O–H groups in total. The third-order valence-corrected chi connectivity index (χ3v) is 4.95. The summed E-state index contributed by atoms with van der Waals surface area (Å²) in [5, 5.41) is 15.6. The maximum atomic E-state index is 13.8. The molecule has 0 spiro atoms. The number of nitrogens with zero attached hydrogens (tertiary/aromatic N) is 1. The van der Waals surface area contributed by atoms with Crippen LogP contribution < -0.4 is 5.32 Å². The molecule has 3 aromatic rings. The molecule has 2 aromatic carbocycles. The van der Waals surface area contributed by atoms with Crippen LogP contribution in [0.25, 0.3) is 10.9 Å². The van der Waals surface area contributed by atoms with Gasteiger partial charge in [0, 0.05) is 17.8 Å². The molecule has 1 aliphatic rings. The Morgan fingerprint density at radius 2 is 2.00 bits per heavy atom. The van der Waals surface area contributed by atoms with Gasteiger partial charge in [-0.2, -0.15) is 0 Å². The van der Waals surface area contributed by atoms with E-state index in [1.165, 1.54) is 12.1 Å². The van der Waals surface area contributed by atoms with Crippen LogP contribution in [0.4, 0.5) is 4.39 Å². The molecule has 0 amide bonds. The highest BCUT2D eigenvalue weighted by atomic mass is 19.1. The first-order valence-corrected chi connectivity index (χ1v) is 8.46. The number of para-hydroxylation sites is 1. The van der Waals surface area contributed by atoms with Crippen molar-refractivity contribution >= 4 is 10.9 Å². The van der Waals surface area contributed by atoms with Crippen LogP contribution in [0.5, 0.6) is 0 Å². The molecule has 24 heavy (non-hydrogen) atoms. The van der Waals surface area contributed by atoms with Crippen LogP contribution in [0.2, 0.25) is 0 Å². The van der Waals surface area contributed by atoms with Gasteiger partial charge in [-0.05, 0) is 54.6 Å². The molecule has 1 aliphatic heterocycles. The van der Waals surface area contributed by atoms with E-state index < -0.39 is 6.10 Å². The second-order valence-corrected chi connectivity index (χ2v) is 6.48. The number of fused-ring (bicyclic) bond motifs is 1. The summed E-state index contributed by atoms with van der Waals surface area (Å²) in [5.74, 6) is -0.277. The molecular formula is C20H21FN2O. The van der Waals surface area contributed by atoms with Crippen molar-refractivity contribution in [3.05, 3.63) is 72.2 Å². The molecule has 1 aromatic heterocycles. The standard InChI is InChI=1S/C20H21FN2O/c21-16-7-3-6-15(13-16)19(20(24)17-8-4-11-22-17)23-12-10-14-5-1-2-9-18(14)23/h1-3,5-7,9-10,12-13,17,19-20,22,24H,4,8,11H2/t17-,19?,20-/m0/s1. The second-order valence-electron chi connectivity index (χ2n) is 6.48. The van der Waals surface area contributed by atoms with Gasteiger partial charge >= 0.3 is 0 Å². The van der Waals surface area contributed by atoms with Crippen LogP contribution in [0.3, 0.4) is 0 Å². The number of nitrogens with one attached hydrogen (secondary N) is 1. The van der Waals surface area contributed by atoms with Gasteiger partial charge in [0.05, 0.1) is 12.1 Å². The Bertz CT molecular complexity index is 838. The molecule has 4 rings (SSSR count). The SMILES string of the molecule is O[C@H](C(c1cccc(F)c1)n1ccc2ccccc21)[C@@H]1CCCN1. The summed E-state index contributed by atoms with van der Waals surface area (Å²) in [6.07, 6.45) is 3.36. The molecule has 0 radical (unpaired) electrons. The minimum Gasteiger partial charge on any atom is -0.389 e. The van der Waals surface area contributed by atoms with Crippen LogP contribution in [0, 0.1) is 5.82 Å². The lowest BCUT2D eigenvalue weighted by atomic mass is 9.94. The van der Waals surface area contributed by atoms with Crippen molar-refractivity contribution in [1.82, 2.24) is 9.88 Å². The minimum atomic E-state index is -0.620. The minimum absolute atomic E-state index is 0.0272. The van der Waals surface area contributed by atoms with Gasteiger partial charge in [-0.15, -0.1) is 0 Å². The number of aliphatic hydroxyl groups is 1. The molecule has 0 bridgehead atoms. The largest absolute Gasteiger partial charge is 0.389 e. The number of hydrogen-bond acceptors (Lipinski definition) is 2. The van der Waals surface area contributed by atoms with E-state index in [9.17, 15) is 9.50 Å². The Morgan fingerprint density at radius 1 is 1.12 bits per heavy atom. The number of rotatable bonds is 4. The van der Waals surface area contributed by atoms with Crippen molar-refractivity contribution < 1.29 is 9.50 Å². The van der Waals surface area contributed by atoms with Crippen LogP contribution >= 0.6 is 0 Å². The summed E-state index contributed by atoms with van der Waals surface area (Å²) < 4.78 is 15.9. The number of aliphatic hydroxyl groups excluding tert-OH is 1. The Kier molecular flexibility index (Phi) is 4.08. The van der Waals surface area contributed by atoms with E-state index >= 15 is 0 Å². The second kappa shape index (κ2) is 6.38. The molecule has 3 atom stereocenters. The predicted octanol–water partition coefficient (Wildman–Crippen LogP) is 3.48. The van der Waals surface area contributed by atoms with Gasteiger partial charge in [-0.3, -0.25) is 0 Å². The number of hydrogen-bond donors (Lipinski definition) is 2. The van der Waals surface area contributed by atoms with Crippen molar-refractivity contribution in [3.8, 4) is 0 Å². The van der Waals surface area contributed by atoms with Crippen molar-refractivity contribution in [1.29, 1.82) is 0 Å². The van der Waals surface area contributed by atoms with Gasteiger partial charge in [0.25, 0.3) is 0 Å². The number of benzene rings is 2. The van der Waals surface area contributed by atoms with E-state index in [4.69, 9.17) is 0 Å². The lowest BCUT2D eigenvalue weighted by Gasteiger charge is -2.30. The molecule has 0 saturated carbocycles. The zero-order chi connectivity index (χ0) is 16.5. The highest BCUT2D eigenvalue weighted by Crippen LogP contribution is 2.31. The number of aromatic nitrogens is 1. The van der Waals surface area contributed by atoms with Gasteiger partial charge in [-0.1, -0.05) is 30.3 Å². The maximum Gasteiger partial charge on any atom is 0.123 e. The smallest absolute Gasteiger partial charge is 0.123 e. The van der Waals surface area contributed by atoms with Crippen molar-refractivity contribution in [2.45, 2.75) is 31.0 Å². The molecule has 1 unspecified atom stereocenters. The first-order chi connectivity index (χ1) is 11.7. The van der Waals surface area contributed by atoms with E-state index in [0.29, 0.717) is 0 Å². The first-order valence-electron chi connectivity index (χ1n) is 8.46. The normalized spacial score (nSPS) is 20.3. The van der Waals surface area contributed by atoms with E-state index in [0.717, 1.165) is 35.9 Å². The van der Waals surface area contributed by atoms with Crippen molar-refractivity contribution in [2.24, 2.45) is 0 Å². The molecule has 4 heteroatoms. The maximum absolute atomic E-state index is 13.8. The van der Waals surface area contributed by atoms with Crippen molar-refractivity contribution in [3.63, 3.8) is 0 Å². The van der Waals surface area contributed by atoms with Gasteiger partial charge in [0.15, 0.2) is 0 Å². The van der Waals surface area contributed by atoms with E-state index in [1.54, 1.807) is 6.07 Å². The fourth-order valence-electron chi connectivity index (χ4n) is 3.78. The monoisotopic (exact) mass is 324 g/mol. The summed E-state index contributed by atoms with van der Waals surface area (Å²) in [7, 11) is 0. The van der Waals surface area contributed by atoms with E-state index in [2.05, 4.69) is 16.0 Å². The fraction of sp³-hybridized carbons (Fsp3) is 0.300. The van der Waals surface area contributed by atoms with Crippen LogP contribution in [-0.4, -0.2) is 28.4 Å². The lowest BCUT2D eigenvalue weighted by Crippen LogP contribution is -2.41. The summed E-state index contributed by atoms with van der Waals surface area (Å²) in [6.45, 7) is 0.921. The highest BCUT2D eigenvalue weighted by Gasteiger charge is 2.32.